The topological polar surface area (TPSA) is 81.2 Å². The quantitative estimate of drug-likeness (QED) is 0.767. The summed E-state index contributed by atoms with van der Waals surface area (Å²) in [5.41, 5.74) is 1.45. The summed E-state index contributed by atoms with van der Waals surface area (Å²) in [7, 11) is 0. The first-order chi connectivity index (χ1) is 11.1. The van der Waals surface area contributed by atoms with Crippen LogP contribution in [0, 0.1) is 6.92 Å². The molecule has 1 amide bonds. The molecule has 1 aromatic carbocycles. The maximum Gasteiger partial charge on any atom is 0.251 e. The van der Waals surface area contributed by atoms with Crippen LogP contribution < -0.4 is 5.32 Å². The Bertz CT molecular complexity index is 808. The molecule has 6 nitrogen and oxygen atoms in total. The Hall–Kier alpha value is -2.60. The molecule has 7 heteroatoms. The van der Waals surface area contributed by atoms with Crippen LogP contribution in [0.1, 0.15) is 18.1 Å². The van der Waals surface area contributed by atoms with Gasteiger partial charge in [-0.25, -0.2) is 0 Å². The van der Waals surface area contributed by atoms with Crippen molar-refractivity contribution >= 4 is 23.2 Å². The van der Waals surface area contributed by atoms with Crippen molar-refractivity contribution in [1.29, 1.82) is 0 Å². The Labute approximate surface area is 137 Å². The fraction of sp³-hybridized carbons (Fsp3) is 0.188. The lowest BCUT2D eigenvalue weighted by atomic mass is 10.2. The minimum Gasteiger partial charge on any atom is -0.469 e. The van der Waals surface area contributed by atoms with Gasteiger partial charge in [-0.1, -0.05) is 11.6 Å². The van der Waals surface area contributed by atoms with Crippen molar-refractivity contribution in [2.75, 3.05) is 5.32 Å². The van der Waals surface area contributed by atoms with Crippen molar-refractivity contribution in [1.82, 2.24) is 10.2 Å². The van der Waals surface area contributed by atoms with Crippen molar-refractivity contribution in [2.45, 2.75) is 19.8 Å². The number of halogens is 1. The lowest BCUT2D eigenvalue weighted by Crippen LogP contribution is -2.12. The molecular weight excluding hydrogens is 318 g/mol. The van der Waals surface area contributed by atoms with E-state index in [1.165, 1.54) is 0 Å². The molecule has 0 atom stereocenters. The number of nitrogens with one attached hydrogen (secondary N) is 1. The molecule has 0 saturated heterocycles. The molecule has 0 aliphatic carbocycles. The minimum absolute atomic E-state index is 0.133. The van der Waals surface area contributed by atoms with Crippen LogP contribution in [0.4, 0.5) is 5.69 Å². The van der Waals surface area contributed by atoms with Gasteiger partial charge in [-0.05, 0) is 37.3 Å². The van der Waals surface area contributed by atoms with Gasteiger partial charge in [-0.2, -0.15) is 0 Å². The Kier molecular flexibility index (Phi) is 4.43. The summed E-state index contributed by atoms with van der Waals surface area (Å²) in [6, 6.07) is 8.68. The molecule has 0 unspecified atom stereocenters. The van der Waals surface area contributed by atoms with E-state index in [4.69, 9.17) is 20.4 Å². The number of amides is 1. The first-order valence-corrected chi connectivity index (χ1v) is 7.42. The van der Waals surface area contributed by atoms with Gasteiger partial charge in [0.15, 0.2) is 0 Å². The van der Waals surface area contributed by atoms with Crippen molar-refractivity contribution in [3.63, 3.8) is 0 Å². The molecule has 0 aliphatic heterocycles. The molecule has 2 heterocycles. The number of furan rings is 1. The number of rotatable bonds is 5. The van der Waals surface area contributed by atoms with Crippen LogP contribution >= 0.6 is 11.6 Å². The zero-order valence-corrected chi connectivity index (χ0v) is 13.1. The molecule has 0 aliphatic rings. The number of hydrogen-bond donors (Lipinski definition) is 1. The summed E-state index contributed by atoms with van der Waals surface area (Å²) in [6.45, 7) is 1.82. The van der Waals surface area contributed by atoms with Gasteiger partial charge in [0.25, 0.3) is 5.89 Å². The third-order valence-electron chi connectivity index (χ3n) is 3.25. The first-order valence-electron chi connectivity index (χ1n) is 7.04. The Morgan fingerprint density at radius 3 is 2.70 bits per heavy atom. The van der Waals surface area contributed by atoms with Gasteiger partial charge in [0, 0.05) is 23.6 Å². The van der Waals surface area contributed by atoms with Gasteiger partial charge in [0.2, 0.25) is 11.8 Å². The number of hydrogen-bond acceptors (Lipinski definition) is 5. The van der Waals surface area contributed by atoms with Crippen LogP contribution in [-0.2, 0) is 11.2 Å². The number of aryl methyl sites for hydroxylation is 2. The number of anilines is 1. The SMILES string of the molecule is Cc1occc1-c1nnc(CCC(=O)Nc2ccc(Cl)cc2)o1. The van der Waals surface area contributed by atoms with Gasteiger partial charge in [-0.15, -0.1) is 10.2 Å². The molecule has 0 bridgehead atoms. The smallest absolute Gasteiger partial charge is 0.251 e. The predicted octanol–water partition coefficient (Wildman–Crippen LogP) is 3.86. The van der Waals surface area contributed by atoms with E-state index in [9.17, 15) is 4.79 Å². The zero-order valence-electron chi connectivity index (χ0n) is 12.4. The lowest BCUT2D eigenvalue weighted by molar-refractivity contribution is -0.116. The Morgan fingerprint density at radius 1 is 1.22 bits per heavy atom. The minimum atomic E-state index is -0.133. The fourth-order valence-electron chi connectivity index (χ4n) is 2.05. The van der Waals surface area contributed by atoms with E-state index in [0.717, 1.165) is 5.56 Å². The highest BCUT2D eigenvalue weighted by Crippen LogP contribution is 2.23. The Morgan fingerprint density at radius 2 is 2.00 bits per heavy atom. The van der Waals surface area contributed by atoms with E-state index in [2.05, 4.69) is 15.5 Å². The number of benzene rings is 1. The van der Waals surface area contributed by atoms with Gasteiger partial charge in [0.05, 0.1) is 11.8 Å². The van der Waals surface area contributed by atoms with Crippen LogP contribution in [0.2, 0.25) is 5.02 Å². The van der Waals surface area contributed by atoms with Crippen molar-refractivity contribution in [3.05, 3.63) is 53.3 Å². The van der Waals surface area contributed by atoms with Gasteiger partial charge in [-0.3, -0.25) is 4.79 Å². The van der Waals surface area contributed by atoms with Gasteiger partial charge >= 0.3 is 0 Å². The molecular formula is C16H14ClN3O3. The number of aromatic nitrogens is 2. The standard InChI is InChI=1S/C16H14ClN3O3/c1-10-13(8-9-22-10)16-20-19-15(23-16)7-6-14(21)18-12-4-2-11(17)3-5-12/h2-5,8-9H,6-7H2,1H3,(H,18,21). The Balaban J connectivity index is 1.56. The van der Waals surface area contributed by atoms with E-state index in [1.54, 1.807) is 36.6 Å². The molecule has 0 saturated carbocycles. The normalized spacial score (nSPS) is 10.7. The van der Waals surface area contributed by atoms with Crippen LogP contribution in [0.25, 0.3) is 11.5 Å². The summed E-state index contributed by atoms with van der Waals surface area (Å²) >= 11 is 5.80. The molecule has 0 spiro atoms. The lowest BCUT2D eigenvalue weighted by Gasteiger charge is -2.03. The number of nitrogens with zero attached hydrogens (tertiary/aromatic N) is 2. The van der Waals surface area contributed by atoms with E-state index in [1.807, 2.05) is 6.92 Å². The maximum absolute atomic E-state index is 11.9. The van der Waals surface area contributed by atoms with Crippen LogP contribution in [0.3, 0.4) is 0 Å². The average molecular weight is 332 g/mol. The average Bonchev–Trinajstić information content (AvgIpc) is 3.16. The van der Waals surface area contributed by atoms with Crippen molar-refractivity contribution < 1.29 is 13.6 Å². The third-order valence-corrected chi connectivity index (χ3v) is 3.50. The summed E-state index contributed by atoms with van der Waals surface area (Å²) < 4.78 is 10.7. The van der Waals surface area contributed by atoms with E-state index >= 15 is 0 Å². The highest BCUT2D eigenvalue weighted by atomic mass is 35.5. The third kappa shape index (κ3) is 3.78. The molecule has 3 aromatic rings. The monoisotopic (exact) mass is 331 g/mol. The molecule has 118 valence electrons. The highest BCUT2D eigenvalue weighted by molar-refractivity contribution is 6.30. The van der Waals surface area contributed by atoms with E-state index < -0.39 is 0 Å². The van der Waals surface area contributed by atoms with Crippen LogP contribution in [0.15, 0.2) is 45.4 Å². The van der Waals surface area contributed by atoms with Crippen LogP contribution in [-0.4, -0.2) is 16.1 Å². The fourth-order valence-corrected chi connectivity index (χ4v) is 2.17. The summed E-state index contributed by atoms with van der Waals surface area (Å²) in [6.07, 6.45) is 2.17. The van der Waals surface area contributed by atoms with E-state index in [0.29, 0.717) is 34.7 Å². The van der Waals surface area contributed by atoms with Crippen molar-refractivity contribution in [3.8, 4) is 11.5 Å². The summed E-state index contributed by atoms with van der Waals surface area (Å²) in [4.78, 5) is 11.9. The van der Waals surface area contributed by atoms with Gasteiger partial charge < -0.3 is 14.2 Å². The largest absolute Gasteiger partial charge is 0.469 e. The molecule has 23 heavy (non-hydrogen) atoms. The van der Waals surface area contributed by atoms with Crippen LogP contribution in [0.5, 0.6) is 0 Å². The molecule has 0 fully saturated rings. The zero-order chi connectivity index (χ0) is 16.2. The second-order valence-electron chi connectivity index (χ2n) is 4.95. The predicted molar refractivity (Wildman–Crippen MR) is 85.1 cm³/mol. The summed E-state index contributed by atoms with van der Waals surface area (Å²) in [5, 5.41) is 11.3. The second-order valence-corrected chi connectivity index (χ2v) is 5.38. The second kappa shape index (κ2) is 6.66. The molecule has 0 radical (unpaired) electrons. The highest BCUT2D eigenvalue weighted by Gasteiger charge is 2.13. The maximum atomic E-state index is 11.9. The van der Waals surface area contributed by atoms with Gasteiger partial charge in [0.1, 0.15) is 5.76 Å². The molecule has 2 aromatic heterocycles. The molecule has 1 N–H and O–H groups in total. The first kappa shape index (κ1) is 15.3. The summed E-state index contributed by atoms with van der Waals surface area (Å²) in [5.74, 6) is 1.38. The number of carbonyl (C=O) groups excluding carboxylic acids is 1. The van der Waals surface area contributed by atoms with E-state index in [-0.39, 0.29) is 12.3 Å². The number of carbonyl (C=O) groups is 1. The molecule has 3 rings (SSSR count). The van der Waals surface area contributed by atoms with Crippen molar-refractivity contribution in [2.24, 2.45) is 0 Å².